The van der Waals surface area contributed by atoms with E-state index in [-0.39, 0.29) is 0 Å². The quantitative estimate of drug-likeness (QED) is 0.870. The molecule has 1 aromatic heterocycles. The van der Waals surface area contributed by atoms with Crippen molar-refractivity contribution in [2.45, 2.75) is 58.4 Å². The van der Waals surface area contributed by atoms with Crippen molar-refractivity contribution >= 4 is 0 Å². The fraction of sp³-hybridized carbons (Fsp3) is 0.833. The molecule has 2 saturated carbocycles. The van der Waals surface area contributed by atoms with Gasteiger partial charge in [-0.2, -0.15) is 5.10 Å². The number of rotatable bonds is 6. The fourth-order valence-corrected chi connectivity index (χ4v) is 3.93. The number of nitrogens with one attached hydrogen (secondary N) is 1. The molecule has 3 nitrogen and oxygen atoms in total. The SMILES string of the molecule is CC(C)C1CCC(CNC2CC2)C(Cc2ccn(C)n2)C1. The number of hydrogen-bond donors (Lipinski definition) is 1. The number of aromatic nitrogens is 2. The molecule has 1 aromatic rings. The highest BCUT2D eigenvalue weighted by molar-refractivity contribution is 5.02. The van der Waals surface area contributed by atoms with Crippen molar-refractivity contribution in [2.24, 2.45) is 30.7 Å². The maximum absolute atomic E-state index is 4.61. The molecule has 21 heavy (non-hydrogen) atoms. The van der Waals surface area contributed by atoms with E-state index < -0.39 is 0 Å². The zero-order chi connectivity index (χ0) is 14.8. The third-order valence-corrected chi connectivity index (χ3v) is 5.61. The van der Waals surface area contributed by atoms with Crippen molar-refractivity contribution < 1.29 is 0 Å². The van der Waals surface area contributed by atoms with Gasteiger partial charge in [0.05, 0.1) is 5.69 Å². The second kappa shape index (κ2) is 6.51. The Bertz CT molecular complexity index is 447. The minimum Gasteiger partial charge on any atom is -0.314 e. The molecule has 0 aromatic carbocycles. The summed E-state index contributed by atoms with van der Waals surface area (Å²) < 4.78 is 1.94. The van der Waals surface area contributed by atoms with Crippen LogP contribution in [0.4, 0.5) is 0 Å². The van der Waals surface area contributed by atoms with Gasteiger partial charge in [0, 0.05) is 19.3 Å². The maximum Gasteiger partial charge on any atom is 0.0627 e. The molecule has 2 fully saturated rings. The fourth-order valence-electron chi connectivity index (χ4n) is 3.93. The molecule has 0 saturated heterocycles. The molecule has 3 rings (SSSR count). The molecule has 3 unspecified atom stereocenters. The molecule has 0 radical (unpaired) electrons. The van der Waals surface area contributed by atoms with Gasteiger partial charge in [-0.1, -0.05) is 13.8 Å². The molecule has 2 aliphatic rings. The summed E-state index contributed by atoms with van der Waals surface area (Å²) in [7, 11) is 2.02. The first kappa shape index (κ1) is 15.1. The molecule has 1 heterocycles. The molecule has 118 valence electrons. The van der Waals surface area contributed by atoms with E-state index in [9.17, 15) is 0 Å². The van der Waals surface area contributed by atoms with E-state index in [1.54, 1.807) is 0 Å². The van der Waals surface area contributed by atoms with Crippen LogP contribution in [0.15, 0.2) is 12.3 Å². The van der Waals surface area contributed by atoms with Gasteiger partial charge >= 0.3 is 0 Å². The Morgan fingerprint density at radius 3 is 2.67 bits per heavy atom. The van der Waals surface area contributed by atoms with Crippen LogP contribution in [0, 0.1) is 23.7 Å². The molecule has 2 aliphatic carbocycles. The van der Waals surface area contributed by atoms with Crippen LogP contribution >= 0.6 is 0 Å². The lowest BCUT2D eigenvalue weighted by Gasteiger charge is -2.38. The lowest BCUT2D eigenvalue weighted by Crippen LogP contribution is -2.36. The Hall–Kier alpha value is -0.830. The highest BCUT2D eigenvalue weighted by atomic mass is 15.2. The monoisotopic (exact) mass is 289 g/mol. The van der Waals surface area contributed by atoms with Crippen molar-refractivity contribution in [1.29, 1.82) is 0 Å². The van der Waals surface area contributed by atoms with Crippen molar-refractivity contribution in [2.75, 3.05) is 6.54 Å². The lowest BCUT2D eigenvalue weighted by atomic mass is 9.69. The summed E-state index contributed by atoms with van der Waals surface area (Å²) in [6.07, 6.45) is 10.3. The van der Waals surface area contributed by atoms with Gasteiger partial charge in [0.2, 0.25) is 0 Å². The summed E-state index contributed by atoms with van der Waals surface area (Å²) in [5.74, 6) is 3.40. The third kappa shape index (κ3) is 4.09. The Labute approximate surface area is 129 Å². The summed E-state index contributed by atoms with van der Waals surface area (Å²) in [4.78, 5) is 0. The smallest absolute Gasteiger partial charge is 0.0627 e. The number of nitrogens with zero attached hydrogens (tertiary/aromatic N) is 2. The average Bonchev–Trinajstić information content (AvgIpc) is 3.19. The average molecular weight is 289 g/mol. The third-order valence-electron chi connectivity index (χ3n) is 5.61. The lowest BCUT2D eigenvalue weighted by molar-refractivity contribution is 0.143. The Morgan fingerprint density at radius 2 is 2.05 bits per heavy atom. The highest BCUT2D eigenvalue weighted by Crippen LogP contribution is 2.39. The van der Waals surface area contributed by atoms with Crippen LogP contribution in [-0.4, -0.2) is 22.4 Å². The molecular weight excluding hydrogens is 258 g/mol. The normalized spacial score (nSPS) is 30.0. The summed E-state index contributed by atoms with van der Waals surface area (Å²) in [5.41, 5.74) is 1.28. The predicted molar refractivity (Wildman–Crippen MR) is 87.1 cm³/mol. The van der Waals surface area contributed by atoms with E-state index in [2.05, 4.69) is 36.5 Å². The van der Waals surface area contributed by atoms with Crippen LogP contribution in [-0.2, 0) is 13.5 Å². The first-order chi connectivity index (χ1) is 10.1. The van der Waals surface area contributed by atoms with E-state index >= 15 is 0 Å². The second-order valence-corrected chi connectivity index (χ2v) is 7.70. The van der Waals surface area contributed by atoms with Crippen LogP contribution in [0.3, 0.4) is 0 Å². The zero-order valence-corrected chi connectivity index (χ0v) is 13.9. The van der Waals surface area contributed by atoms with Gasteiger partial charge in [-0.3, -0.25) is 4.68 Å². The molecule has 0 bridgehead atoms. The Morgan fingerprint density at radius 1 is 1.24 bits per heavy atom. The van der Waals surface area contributed by atoms with Gasteiger partial charge in [-0.05, 0) is 74.8 Å². The van der Waals surface area contributed by atoms with Crippen LogP contribution < -0.4 is 5.32 Å². The molecule has 0 amide bonds. The standard InChI is InChI=1S/C18H31N3/c1-13(2)14-4-5-15(12-19-17-6-7-17)16(10-14)11-18-8-9-21(3)20-18/h8-9,13-17,19H,4-7,10-12H2,1-3H3. The van der Waals surface area contributed by atoms with E-state index in [1.165, 1.54) is 50.8 Å². The van der Waals surface area contributed by atoms with Gasteiger partial charge in [-0.25, -0.2) is 0 Å². The van der Waals surface area contributed by atoms with Crippen LogP contribution in [0.2, 0.25) is 0 Å². The van der Waals surface area contributed by atoms with E-state index in [1.807, 2.05) is 11.7 Å². The molecule has 1 N–H and O–H groups in total. The summed E-state index contributed by atoms with van der Waals surface area (Å²) in [6, 6.07) is 3.04. The van der Waals surface area contributed by atoms with Crippen LogP contribution in [0.25, 0.3) is 0 Å². The molecule has 3 atom stereocenters. The minimum atomic E-state index is 0.812. The van der Waals surface area contributed by atoms with Crippen molar-refractivity contribution in [3.63, 3.8) is 0 Å². The van der Waals surface area contributed by atoms with E-state index in [0.29, 0.717) is 0 Å². The second-order valence-electron chi connectivity index (χ2n) is 7.70. The van der Waals surface area contributed by atoms with Crippen molar-refractivity contribution in [3.05, 3.63) is 18.0 Å². The molecule has 3 heteroatoms. The number of aryl methyl sites for hydroxylation is 1. The highest BCUT2D eigenvalue weighted by Gasteiger charge is 2.33. The van der Waals surface area contributed by atoms with Gasteiger partial charge in [0.25, 0.3) is 0 Å². The van der Waals surface area contributed by atoms with E-state index in [0.717, 1.165) is 29.7 Å². The van der Waals surface area contributed by atoms with Crippen LogP contribution in [0.1, 0.15) is 51.6 Å². The van der Waals surface area contributed by atoms with Crippen LogP contribution in [0.5, 0.6) is 0 Å². The summed E-state index contributed by atoms with van der Waals surface area (Å²) in [6.45, 7) is 6.02. The van der Waals surface area contributed by atoms with Gasteiger partial charge in [0.15, 0.2) is 0 Å². The van der Waals surface area contributed by atoms with Gasteiger partial charge in [0.1, 0.15) is 0 Å². The summed E-state index contributed by atoms with van der Waals surface area (Å²) >= 11 is 0. The minimum absolute atomic E-state index is 0.812. The van der Waals surface area contributed by atoms with Crippen molar-refractivity contribution in [1.82, 2.24) is 15.1 Å². The largest absolute Gasteiger partial charge is 0.314 e. The molecule has 0 aliphatic heterocycles. The van der Waals surface area contributed by atoms with E-state index in [4.69, 9.17) is 0 Å². The molecular formula is C18H31N3. The Balaban J connectivity index is 1.62. The number of hydrogen-bond acceptors (Lipinski definition) is 2. The van der Waals surface area contributed by atoms with Crippen molar-refractivity contribution in [3.8, 4) is 0 Å². The Kier molecular flexibility index (Phi) is 4.68. The topological polar surface area (TPSA) is 29.9 Å². The zero-order valence-electron chi connectivity index (χ0n) is 13.9. The molecule has 0 spiro atoms. The first-order valence-corrected chi connectivity index (χ1v) is 8.83. The maximum atomic E-state index is 4.61. The predicted octanol–water partition coefficient (Wildman–Crippen LogP) is 3.40. The summed E-state index contributed by atoms with van der Waals surface area (Å²) in [5, 5.41) is 8.38. The van der Waals surface area contributed by atoms with Gasteiger partial charge < -0.3 is 5.32 Å². The first-order valence-electron chi connectivity index (χ1n) is 8.83. The van der Waals surface area contributed by atoms with Gasteiger partial charge in [-0.15, -0.1) is 0 Å².